The third kappa shape index (κ3) is 6.80. The molecule has 2 aromatic rings. The number of carbonyl (C=O) groups excluding carboxylic acids is 2. The van der Waals surface area contributed by atoms with E-state index in [1.165, 1.54) is 38.1 Å². The van der Waals surface area contributed by atoms with Crippen molar-refractivity contribution in [1.29, 1.82) is 0 Å². The Bertz CT molecular complexity index is 934. The Morgan fingerprint density at radius 1 is 0.710 bits per heavy atom. The molecule has 0 aliphatic rings. The number of benzene rings is 2. The van der Waals surface area contributed by atoms with Crippen LogP contribution in [0.15, 0.2) is 48.6 Å². The van der Waals surface area contributed by atoms with E-state index in [1.807, 2.05) is 0 Å². The molecule has 31 heavy (non-hydrogen) atoms. The molecular formula is C21H16Cl4O6. The molecule has 0 N–H and O–H groups in total. The summed E-state index contributed by atoms with van der Waals surface area (Å²) in [6.45, 7) is 9.65. The third-order valence-corrected chi connectivity index (χ3v) is 4.59. The minimum atomic E-state index is -0.620. The Morgan fingerprint density at radius 3 is 1.26 bits per heavy atom. The van der Waals surface area contributed by atoms with Crippen molar-refractivity contribution in [2.24, 2.45) is 0 Å². The van der Waals surface area contributed by atoms with Gasteiger partial charge >= 0.3 is 11.9 Å². The summed E-state index contributed by atoms with van der Waals surface area (Å²) in [6.07, 6.45) is 0. The summed E-state index contributed by atoms with van der Waals surface area (Å²) < 4.78 is 21.1. The number of esters is 2. The lowest BCUT2D eigenvalue weighted by Gasteiger charge is -2.15. The van der Waals surface area contributed by atoms with E-state index < -0.39 is 11.9 Å². The van der Waals surface area contributed by atoms with Crippen molar-refractivity contribution >= 4 is 58.3 Å². The first kappa shape index (κ1) is 24.9. The van der Waals surface area contributed by atoms with Gasteiger partial charge in [0.1, 0.15) is 11.5 Å². The lowest BCUT2D eigenvalue weighted by atomic mass is 10.3. The van der Waals surface area contributed by atoms with Crippen LogP contribution in [0.25, 0.3) is 0 Å². The predicted octanol–water partition coefficient (Wildman–Crippen LogP) is 6.68. The summed E-state index contributed by atoms with van der Waals surface area (Å²) in [7, 11) is 0. The number of hydrogen-bond acceptors (Lipinski definition) is 6. The van der Waals surface area contributed by atoms with Gasteiger partial charge in [0.2, 0.25) is 6.79 Å². The largest absolute Gasteiger partial charge is 0.454 e. The zero-order valence-electron chi connectivity index (χ0n) is 16.4. The van der Waals surface area contributed by atoms with Crippen LogP contribution < -0.4 is 18.9 Å². The van der Waals surface area contributed by atoms with Gasteiger partial charge in [-0.25, -0.2) is 9.59 Å². The lowest BCUT2D eigenvalue weighted by Crippen LogP contribution is -2.10. The molecule has 2 rings (SSSR count). The van der Waals surface area contributed by atoms with E-state index in [0.29, 0.717) is 0 Å². The van der Waals surface area contributed by atoms with Crippen LogP contribution >= 0.6 is 46.4 Å². The van der Waals surface area contributed by atoms with Crippen molar-refractivity contribution in [2.75, 3.05) is 6.79 Å². The first-order valence-electron chi connectivity index (χ1n) is 8.48. The molecule has 0 saturated carbocycles. The highest BCUT2D eigenvalue weighted by molar-refractivity contribution is 6.38. The van der Waals surface area contributed by atoms with Crippen molar-refractivity contribution in [1.82, 2.24) is 0 Å². The lowest BCUT2D eigenvalue weighted by molar-refractivity contribution is -0.130. The molecule has 0 spiro atoms. The monoisotopic (exact) mass is 504 g/mol. The highest BCUT2D eigenvalue weighted by Gasteiger charge is 2.16. The third-order valence-electron chi connectivity index (χ3n) is 3.47. The van der Waals surface area contributed by atoms with Crippen molar-refractivity contribution in [3.63, 3.8) is 0 Å². The van der Waals surface area contributed by atoms with Crippen LogP contribution in [0.4, 0.5) is 0 Å². The second kappa shape index (κ2) is 10.8. The molecule has 0 aliphatic carbocycles. The fourth-order valence-corrected chi connectivity index (χ4v) is 3.15. The zero-order chi connectivity index (χ0) is 23.3. The van der Waals surface area contributed by atoms with E-state index in [0.717, 1.165) is 0 Å². The molecule has 2 aromatic carbocycles. The number of hydrogen-bond donors (Lipinski definition) is 0. The SMILES string of the molecule is C=C(C)C(=O)Oc1cc(Cl)c(OCOc2c(Cl)cc(OC(=O)C(=C)C)cc2Cl)c(Cl)c1. The van der Waals surface area contributed by atoms with Gasteiger partial charge in [-0.2, -0.15) is 0 Å². The quantitative estimate of drug-likeness (QED) is 0.172. The van der Waals surface area contributed by atoms with Gasteiger partial charge in [0.15, 0.2) is 11.5 Å². The highest BCUT2D eigenvalue weighted by atomic mass is 35.5. The smallest absolute Gasteiger partial charge is 0.338 e. The summed E-state index contributed by atoms with van der Waals surface area (Å²) >= 11 is 24.6. The van der Waals surface area contributed by atoms with Gasteiger partial charge < -0.3 is 18.9 Å². The van der Waals surface area contributed by atoms with Crippen molar-refractivity contribution in [2.45, 2.75) is 13.8 Å². The average Bonchev–Trinajstić information content (AvgIpc) is 2.65. The van der Waals surface area contributed by atoms with E-state index >= 15 is 0 Å². The molecule has 0 heterocycles. The van der Waals surface area contributed by atoms with Crippen molar-refractivity contribution < 1.29 is 28.5 Å². The fraction of sp³-hybridized carbons (Fsp3) is 0.143. The Balaban J connectivity index is 2.08. The molecule has 10 heteroatoms. The summed E-state index contributed by atoms with van der Waals surface area (Å²) in [5, 5.41) is 0.333. The predicted molar refractivity (Wildman–Crippen MR) is 120 cm³/mol. The maximum Gasteiger partial charge on any atom is 0.338 e. The number of halogens is 4. The van der Waals surface area contributed by atoms with Crippen LogP contribution in [0.5, 0.6) is 23.0 Å². The molecule has 0 bridgehead atoms. The van der Waals surface area contributed by atoms with Gasteiger partial charge in [0.25, 0.3) is 0 Å². The van der Waals surface area contributed by atoms with E-state index in [9.17, 15) is 9.59 Å². The fourth-order valence-electron chi connectivity index (χ4n) is 2.00. The van der Waals surface area contributed by atoms with Crippen molar-refractivity contribution in [3.05, 3.63) is 68.7 Å². The molecule has 164 valence electrons. The van der Waals surface area contributed by atoms with E-state index in [-0.39, 0.29) is 61.0 Å². The van der Waals surface area contributed by atoms with Crippen LogP contribution in [-0.4, -0.2) is 18.7 Å². The molecule has 0 unspecified atom stereocenters. The van der Waals surface area contributed by atoms with E-state index in [2.05, 4.69) is 13.2 Å². The van der Waals surface area contributed by atoms with Gasteiger partial charge in [-0.05, 0) is 13.8 Å². The minimum Gasteiger partial charge on any atom is -0.454 e. The Labute approximate surface area is 198 Å². The van der Waals surface area contributed by atoms with Gasteiger partial charge in [0, 0.05) is 35.4 Å². The van der Waals surface area contributed by atoms with E-state index in [1.54, 1.807) is 0 Å². The highest BCUT2D eigenvalue weighted by Crippen LogP contribution is 2.39. The molecule has 0 fully saturated rings. The summed E-state index contributed by atoms with van der Waals surface area (Å²) in [6, 6.07) is 5.42. The van der Waals surface area contributed by atoms with Crippen LogP contribution in [0.1, 0.15) is 13.8 Å². The maximum atomic E-state index is 11.6. The first-order valence-corrected chi connectivity index (χ1v) is 9.99. The summed E-state index contributed by atoms with van der Waals surface area (Å²) in [5.41, 5.74) is 0.435. The molecule has 0 atom stereocenters. The number of carbonyl (C=O) groups is 2. The number of ether oxygens (including phenoxy) is 4. The van der Waals surface area contributed by atoms with E-state index in [4.69, 9.17) is 65.4 Å². The zero-order valence-corrected chi connectivity index (χ0v) is 19.4. The normalized spacial score (nSPS) is 10.3. The molecule has 0 radical (unpaired) electrons. The second-order valence-corrected chi connectivity index (χ2v) is 7.81. The van der Waals surface area contributed by atoms with Gasteiger partial charge in [0.05, 0.1) is 20.1 Å². The standard InChI is InChI=1S/C21H16Cl4O6/c1-10(2)20(26)30-12-5-14(22)18(15(23)6-12)28-9-29-19-16(24)7-13(8-17(19)25)31-21(27)11(3)4/h5-8H,1,3,9H2,2,4H3. The van der Waals surface area contributed by atoms with Gasteiger partial charge in [-0.1, -0.05) is 59.6 Å². The minimum absolute atomic E-state index is 0.0832. The molecule has 0 saturated heterocycles. The molecular weight excluding hydrogens is 490 g/mol. The Morgan fingerprint density at radius 2 is 1.00 bits per heavy atom. The molecule has 0 aliphatic heterocycles. The maximum absolute atomic E-state index is 11.6. The van der Waals surface area contributed by atoms with Gasteiger partial charge in [-0.3, -0.25) is 0 Å². The Hall–Kier alpha value is -2.38. The van der Waals surface area contributed by atoms with Crippen LogP contribution in [0, 0.1) is 0 Å². The first-order chi connectivity index (χ1) is 14.5. The molecule has 0 aromatic heterocycles. The average molecular weight is 506 g/mol. The van der Waals surface area contributed by atoms with Crippen LogP contribution in [0.3, 0.4) is 0 Å². The van der Waals surface area contributed by atoms with Crippen LogP contribution in [-0.2, 0) is 9.59 Å². The van der Waals surface area contributed by atoms with Gasteiger partial charge in [-0.15, -0.1) is 0 Å². The number of rotatable bonds is 8. The molecule has 6 nitrogen and oxygen atoms in total. The summed E-state index contributed by atoms with van der Waals surface area (Å²) in [5.74, 6) is -0.795. The topological polar surface area (TPSA) is 71.1 Å². The second-order valence-electron chi connectivity index (χ2n) is 6.18. The molecule has 0 amide bonds. The Kier molecular flexibility index (Phi) is 8.65. The summed E-state index contributed by atoms with van der Waals surface area (Å²) in [4.78, 5) is 23.2. The van der Waals surface area contributed by atoms with Crippen molar-refractivity contribution in [3.8, 4) is 23.0 Å². The van der Waals surface area contributed by atoms with Crippen LogP contribution in [0.2, 0.25) is 20.1 Å².